The zero-order valence-electron chi connectivity index (χ0n) is 13.0. The van der Waals surface area contributed by atoms with Crippen molar-refractivity contribution < 1.29 is 27.4 Å². The Labute approximate surface area is 140 Å². The fourth-order valence-corrected chi connectivity index (χ4v) is 2.44. The Bertz CT molecular complexity index is 721. The fourth-order valence-electron chi connectivity index (χ4n) is 2.44. The topological polar surface area (TPSA) is 94.1 Å². The number of hydrogen-bond acceptors (Lipinski definition) is 5. The lowest BCUT2D eigenvalue weighted by Gasteiger charge is -2.06. The Morgan fingerprint density at radius 2 is 2.36 bits per heavy atom. The molecule has 0 saturated carbocycles. The maximum atomic E-state index is 12.1. The number of rotatable bonds is 6. The van der Waals surface area contributed by atoms with Crippen molar-refractivity contribution in [2.75, 3.05) is 18.5 Å². The van der Waals surface area contributed by atoms with Crippen LogP contribution in [-0.2, 0) is 16.0 Å². The maximum Gasteiger partial charge on any atom is 0.522 e. The van der Waals surface area contributed by atoms with E-state index in [0.29, 0.717) is 12.4 Å². The summed E-state index contributed by atoms with van der Waals surface area (Å²) >= 11 is 0. The van der Waals surface area contributed by atoms with Crippen LogP contribution >= 0.6 is 0 Å². The lowest BCUT2D eigenvalue weighted by molar-refractivity contribution is -0.325. The number of hydrogen-bond donors (Lipinski definition) is 2. The van der Waals surface area contributed by atoms with E-state index in [9.17, 15) is 18.0 Å². The van der Waals surface area contributed by atoms with E-state index in [1.165, 1.54) is 17.1 Å². The molecule has 0 bridgehead atoms. The molecule has 0 aliphatic carbocycles. The highest BCUT2D eigenvalue weighted by molar-refractivity contribution is 6.03. The number of halogens is 3. The molecule has 11 heteroatoms. The van der Waals surface area contributed by atoms with Gasteiger partial charge in [0.2, 0.25) is 0 Å². The van der Waals surface area contributed by atoms with Gasteiger partial charge >= 0.3 is 6.36 Å². The molecule has 2 aromatic heterocycles. The van der Waals surface area contributed by atoms with Crippen molar-refractivity contribution in [3.05, 3.63) is 29.7 Å². The summed E-state index contributed by atoms with van der Waals surface area (Å²) in [6.45, 7) is -0.0165. The van der Waals surface area contributed by atoms with Gasteiger partial charge in [0.1, 0.15) is 0 Å². The SMILES string of the molecule is O=C(Nc1cc([C@H]2CCCO2)[nH]n1)c1cnn(CCOC(F)(F)F)c1. The number of ether oxygens (including phenoxy) is 2. The van der Waals surface area contributed by atoms with Gasteiger partial charge < -0.3 is 10.1 Å². The zero-order chi connectivity index (χ0) is 17.9. The van der Waals surface area contributed by atoms with E-state index in [2.05, 4.69) is 25.3 Å². The average Bonchev–Trinajstić information content (AvgIpc) is 3.27. The molecule has 1 aliphatic heterocycles. The number of alkyl halides is 3. The molecule has 1 amide bonds. The van der Waals surface area contributed by atoms with Crippen molar-refractivity contribution >= 4 is 11.7 Å². The second-order valence-electron chi connectivity index (χ2n) is 5.45. The van der Waals surface area contributed by atoms with E-state index >= 15 is 0 Å². The van der Waals surface area contributed by atoms with Crippen LogP contribution < -0.4 is 5.32 Å². The Morgan fingerprint density at radius 3 is 3.08 bits per heavy atom. The molecule has 1 fully saturated rings. The number of H-pyrrole nitrogens is 1. The molecule has 1 aliphatic rings. The molecule has 0 spiro atoms. The molecule has 1 saturated heterocycles. The Morgan fingerprint density at radius 1 is 1.52 bits per heavy atom. The predicted molar refractivity (Wildman–Crippen MR) is 78.7 cm³/mol. The highest BCUT2D eigenvalue weighted by Gasteiger charge is 2.28. The van der Waals surface area contributed by atoms with Crippen LogP contribution in [0.1, 0.15) is 35.0 Å². The number of aromatic nitrogens is 4. The Kier molecular flexibility index (Phi) is 5.04. The normalized spacial score (nSPS) is 17.8. The highest BCUT2D eigenvalue weighted by atomic mass is 19.4. The highest BCUT2D eigenvalue weighted by Crippen LogP contribution is 2.28. The third-order valence-corrected chi connectivity index (χ3v) is 3.60. The van der Waals surface area contributed by atoms with Crippen LogP contribution in [0.5, 0.6) is 0 Å². The molecule has 8 nitrogen and oxygen atoms in total. The number of nitrogens with one attached hydrogen (secondary N) is 2. The van der Waals surface area contributed by atoms with Crippen LogP contribution in [0.4, 0.5) is 19.0 Å². The first-order valence-electron chi connectivity index (χ1n) is 7.62. The lowest BCUT2D eigenvalue weighted by Crippen LogP contribution is -2.17. The quantitative estimate of drug-likeness (QED) is 0.825. The zero-order valence-corrected chi connectivity index (χ0v) is 13.0. The standard InChI is InChI=1S/C14H16F3N5O3/c15-14(16,17)25-5-3-22-8-9(7-18-22)13(23)19-12-6-10(20-21-12)11-2-1-4-24-11/h6-8,11H,1-5H2,(H2,19,20,21,23)/t11-/m1/s1. The van der Waals surface area contributed by atoms with Gasteiger partial charge in [0.15, 0.2) is 5.82 Å². The fraction of sp³-hybridized carbons (Fsp3) is 0.500. The number of carbonyl (C=O) groups excluding carboxylic acids is 1. The molecule has 1 atom stereocenters. The van der Waals surface area contributed by atoms with Gasteiger partial charge in [-0.2, -0.15) is 10.2 Å². The minimum absolute atomic E-state index is 0.0467. The number of anilines is 1. The lowest BCUT2D eigenvalue weighted by atomic mass is 10.2. The summed E-state index contributed by atoms with van der Waals surface area (Å²) in [6, 6.07) is 1.69. The van der Waals surface area contributed by atoms with Gasteiger partial charge in [0.05, 0.1) is 36.7 Å². The van der Waals surface area contributed by atoms with Crippen LogP contribution in [-0.4, -0.2) is 45.5 Å². The summed E-state index contributed by atoms with van der Waals surface area (Å²) in [4.78, 5) is 12.1. The van der Waals surface area contributed by atoms with E-state index in [-0.39, 0.29) is 18.2 Å². The first-order valence-corrected chi connectivity index (χ1v) is 7.62. The Hall–Kier alpha value is -2.40. The molecular weight excluding hydrogens is 343 g/mol. The van der Waals surface area contributed by atoms with Gasteiger partial charge in [-0.05, 0) is 12.8 Å². The number of carbonyl (C=O) groups is 1. The van der Waals surface area contributed by atoms with Crippen molar-refractivity contribution in [1.29, 1.82) is 0 Å². The van der Waals surface area contributed by atoms with Crippen LogP contribution in [0.25, 0.3) is 0 Å². The van der Waals surface area contributed by atoms with Crippen LogP contribution in [0, 0.1) is 0 Å². The van der Waals surface area contributed by atoms with E-state index in [4.69, 9.17) is 4.74 Å². The van der Waals surface area contributed by atoms with E-state index < -0.39 is 18.9 Å². The first kappa shape index (κ1) is 17.4. The Balaban J connectivity index is 1.53. The molecule has 136 valence electrons. The van der Waals surface area contributed by atoms with Crippen molar-refractivity contribution in [3.8, 4) is 0 Å². The van der Waals surface area contributed by atoms with Gasteiger partial charge in [-0.1, -0.05) is 0 Å². The van der Waals surface area contributed by atoms with Gasteiger partial charge in [0.25, 0.3) is 5.91 Å². The third kappa shape index (κ3) is 4.79. The van der Waals surface area contributed by atoms with Crippen molar-refractivity contribution in [3.63, 3.8) is 0 Å². The van der Waals surface area contributed by atoms with E-state index in [0.717, 1.165) is 18.5 Å². The molecule has 2 aromatic rings. The minimum Gasteiger partial charge on any atom is -0.372 e. The number of nitrogens with zero attached hydrogens (tertiary/aromatic N) is 3. The van der Waals surface area contributed by atoms with Crippen LogP contribution in [0.15, 0.2) is 18.5 Å². The van der Waals surface area contributed by atoms with Gasteiger partial charge in [-0.3, -0.25) is 19.3 Å². The predicted octanol–water partition coefficient (Wildman–Crippen LogP) is 2.25. The van der Waals surface area contributed by atoms with Gasteiger partial charge in [-0.15, -0.1) is 13.2 Å². The second-order valence-corrected chi connectivity index (χ2v) is 5.45. The molecule has 2 N–H and O–H groups in total. The average molecular weight is 359 g/mol. The molecule has 0 unspecified atom stereocenters. The van der Waals surface area contributed by atoms with Crippen molar-refractivity contribution in [1.82, 2.24) is 20.0 Å². The van der Waals surface area contributed by atoms with Gasteiger partial charge in [-0.25, -0.2) is 0 Å². The molecule has 0 radical (unpaired) electrons. The molecule has 3 rings (SSSR count). The molecular formula is C14H16F3N5O3. The van der Waals surface area contributed by atoms with E-state index in [1.54, 1.807) is 6.07 Å². The summed E-state index contributed by atoms with van der Waals surface area (Å²) in [5.41, 5.74) is 0.987. The summed E-state index contributed by atoms with van der Waals surface area (Å²) in [7, 11) is 0. The summed E-state index contributed by atoms with van der Waals surface area (Å²) in [5, 5.41) is 13.2. The van der Waals surface area contributed by atoms with Gasteiger partial charge in [0, 0.05) is 18.9 Å². The van der Waals surface area contributed by atoms with Crippen molar-refractivity contribution in [2.45, 2.75) is 31.9 Å². The third-order valence-electron chi connectivity index (χ3n) is 3.60. The number of aromatic amines is 1. The summed E-state index contributed by atoms with van der Waals surface area (Å²) < 4.78 is 46.1. The molecule has 3 heterocycles. The minimum atomic E-state index is -4.69. The molecule has 0 aromatic carbocycles. The largest absolute Gasteiger partial charge is 0.522 e. The smallest absolute Gasteiger partial charge is 0.372 e. The van der Waals surface area contributed by atoms with E-state index in [1.807, 2.05) is 0 Å². The maximum absolute atomic E-state index is 12.1. The molecule has 25 heavy (non-hydrogen) atoms. The second kappa shape index (κ2) is 7.23. The monoisotopic (exact) mass is 359 g/mol. The summed E-state index contributed by atoms with van der Waals surface area (Å²) in [6.07, 6.45) is -0.271. The number of amides is 1. The van der Waals surface area contributed by atoms with Crippen LogP contribution in [0.2, 0.25) is 0 Å². The van der Waals surface area contributed by atoms with Crippen molar-refractivity contribution in [2.24, 2.45) is 0 Å². The first-order chi connectivity index (χ1) is 11.9. The summed E-state index contributed by atoms with van der Waals surface area (Å²) in [5.74, 6) is -0.128. The van der Waals surface area contributed by atoms with Crippen LogP contribution in [0.3, 0.4) is 0 Å².